The predicted molar refractivity (Wildman–Crippen MR) is 117 cm³/mol. The van der Waals surface area contributed by atoms with Gasteiger partial charge in [0.2, 0.25) is 0 Å². The molecule has 0 heteroatoms. The highest BCUT2D eigenvalue weighted by Gasteiger charge is 2.49. The molecule has 0 N–H and O–H groups in total. The molecule has 0 amide bonds. The van der Waals surface area contributed by atoms with Crippen LogP contribution in [0.4, 0.5) is 0 Å². The van der Waals surface area contributed by atoms with E-state index in [1.807, 2.05) is 0 Å². The zero-order chi connectivity index (χ0) is 18.0. The Labute approximate surface area is 165 Å². The van der Waals surface area contributed by atoms with E-state index in [1.54, 1.807) is 24.8 Å². The Morgan fingerprint density at radius 1 is 0.885 bits per heavy atom. The molecule has 0 aromatic carbocycles. The van der Waals surface area contributed by atoms with E-state index in [0.29, 0.717) is 0 Å². The monoisotopic (exact) mass is 360 g/mol. The molecule has 3 aliphatic rings. The van der Waals surface area contributed by atoms with Crippen molar-refractivity contribution in [1.29, 1.82) is 0 Å². The van der Waals surface area contributed by atoms with Crippen LogP contribution in [0.3, 0.4) is 0 Å². The standard InChI is InChI=1S/C25H44.CH4/c1-6-19-11-12-24-22(20(19)7-2)15-16-23-21(13-14-25(23)24)18(5)10-8-9-17(3)4;/h11,17-18,20-25H,6-10,12-16H2,1-5H3;1H4/t18-,20?,21-,22-,23?,24?,25-;/m1./s1. The average Bonchev–Trinajstić information content (AvgIpc) is 3.04. The quantitative estimate of drug-likeness (QED) is 0.399. The molecule has 2 saturated carbocycles. The van der Waals surface area contributed by atoms with Crippen LogP contribution < -0.4 is 0 Å². The minimum Gasteiger partial charge on any atom is -0.0848 e. The van der Waals surface area contributed by atoms with Crippen LogP contribution in [-0.2, 0) is 0 Å². The van der Waals surface area contributed by atoms with Gasteiger partial charge in [-0.1, -0.05) is 73.0 Å². The molecule has 0 radical (unpaired) electrons. The molecule has 0 spiro atoms. The summed E-state index contributed by atoms with van der Waals surface area (Å²) in [6.45, 7) is 12.2. The van der Waals surface area contributed by atoms with Gasteiger partial charge in [-0.15, -0.1) is 0 Å². The van der Waals surface area contributed by atoms with Crippen LogP contribution in [0.25, 0.3) is 0 Å². The molecule has 0 heterocycles. The van der Waals surface area contributed by atoms with E-state index in [1.165, 1.54) is 44.9 Å². The Kier molecular flexibility index (Phi) is 8.30. The maximum atomic E-state index is 2.68. The SMILES string of the molecule is C.CCC1=CCC2[C@H](CCC3[C@H]2CC[C@@H]3[C@H](C)CCCC(C)C)C1CC. The zero-order valence-electron chi connectivity index (χ0n) is 17.8. The second-order valence-electron chi connectivity index (χ2n) is 10.2. The molecule has 3 rings (SSSR count). The highest BCUT2D eigenvalue weighted by molar-refractivity contribution is 5.15. The molecule has 0 saturated heterocycles. The van der Waals surface area contributed by atoms with Crippen LogP contribution in [-0.4, -0.2) is 0 Å². The molecular weight excluding hydrogens is 312 g/mol. The Morgan fingerprint density at radius 2 is 1.58 bits per heavy atom. The average molecular weight is 361 g/mol. The van der Waals surface area contributed by atoms with Gasteiger partial charge in [-0.3, -0.25) is 0 Å². The van der Waals surface area contributed by atoms with E-state index in [4.69, 9.17) is 0 Å². The molecule has 3 aliphatic carbocycles. The van der Waals surface area contributed by atoms with E-state index in [-0.39, 0.29) is 7.43 Å². The van der Waals surface area contributed by atoms with Gasteiger partial charge in [0.15, 0.2) is 0 Å². The number of fused-ring (bicyclic) bond motifs is 3. The van der Waals surface area contributed by atoms with Gasteiger partial charge in [-0.25, -0.2) is 0 Å². The summed E-state index contributed by atoms with van der Waals surface area (Å²) >= 11 is 0. The molecule has 26 heavy (non-hydrogen) atoms. The maximum Gasteiger partial charge on any atom is -0.0175 e. The number of hydrogen-bond donors (Lipinski definition) is 0. The summed E-state index contributed by atoms with van der Waals surface area (Å²) in [5.41, 5.74) is 1.80. The van der Waals surface area contributed by atoms with Gasteiger partial charge < -0.3 is 0 Å². The first-order valence-corrected chi connectivity index (χ1v) is 11.8. The van der Waals surface area contributed by atoms with Crippen LogP contribution in [0.2, 0.25) is 0 Å². The summed E-state index contributed by atoms with van der Waals surface area (Å²) in [6.07, 6.45) is 17.3. The second kappa shape index (κ2) is 9.79. The number of hydrogen-bond acceptors (Lipinski definition) is 0. The summed E-state index contributed by atoms with van der Waals surface area (Å²) in [5, 5.41) is 0. The maximum absolute atomic E-state index is 2.68. The van der Waals surface area contributed by atoms with Crippen molar-refractivity contribution in [3.05, 3.63) is 11.6 Å². The first-order chi connectivity index (χ1) is 12.1. The van der Waals surface area contributed by atoms with Crippen molar-refractivity contribution in [2.24, 2.45) is 47.3 Å². The van der Waals surface area contributed by atoms with Gasteiger partial charge in [-0.2, -0.15) is 0 Å². The van der Waals surface area contributed by atoms with Crippen molar-refractivity contribution < 1.29 is 0 Å². The smallest absolute Gasteiger partial charge is 0.0175 e. The molecule has 0 nitrogen and oxygen atoms in total. The highest BCUT2D eigenvalue weighted by atomic mass is 14.5. The van der Waals surface area contributed by atoms with Gasteiger partial charge in [0.25, 0.3) is 0 Å². The van der Waals surface area contributed by atoms with E-state index in [0.717, 1.165) is 47.3 Å². The van der Waals surface area contributed by atoms with Gasteiger partial charge in [0.05, 0.1) is 0 Å². The van der Waals surface area contributed by atoms with Crippen LogP contribution in [0.1, 0.15) is 106 Å². The van der Waals surface area contributed by atoms with Crippen molar-refractivity contribution in [3.8, 4) is 0 Å². The minimum atomic E-state index is 0. The van der Waals surface area contributed by atoms with E-state index in [9.17, 15) is 0 Å². The highest BCUT2D eigenvalue weighted by Crippen LogP contribution is 2.58. The third-order valence-corrected chi connectivity index (χ3v) is 8.53. The summed E-state index contributed by atoms with van der Waals surface area (Å²) < 4.78 is 0. The third kappa shape index (κ3) is 4.41. The number of rotatable bonds is 7. The third-order valence-electron chi connectivity index (χ3n) is 8.53. The van der Waals surface area contributed by atoms with Crippen LogP contribution in [0, 0.1) is 47.3 Å². The summed E-state index contributed by atoms with van der Waals surface area (Å²) in [5.74, 6) is 8.03. The molecule has 0 aromatic rings. The molecule has 0 aromatic heterocycles. The topological polar surface area (TPSA) is 0 Å². The van der Waals surface area contributed by atoms with Crippen molar-refractivity contribution in [2.45, 2.75) is 106 Å². The normalized spacial score (nSPS) is 37.5. The Hall–Kier alpha value is -0.260. The predicted octanol–water partition coefficient (Wildman–Crippen LogP) is 8.52. The first-order valence-electron chi connectivity index (χ1n) is 11.8. The Bertz CT molecular complexity index is 445. The lowest BCUT2D eigenvalue weighted by molar-refractivity contribution is 0.0469. The molecule has 2 fully saturated rings. The van der Waals surface area contributed by atoms with Gasteiger partial charge in [0.1, 0.15) is 0 Å². The molecule has 7 atom stereocenters. The van der Waals surface area contributed by atoms with Gasteiger partial charge >= 0.3 is 0 Å². The lowest BCUT2D eigenvalue weighted by Crippen LogP contribution is -2.40. The van der Waals surface area contributed by atoms with E-state index >= 15 is 0 Å². The van der Waals surface area contributed by atoms with Gasteiger partial charge in [-0.05, 0) is 92.3 Å². The Morgan fingerprint density at radius 3 is 2.23 bits per heavy atom. The summed E-state index contributed by atoms with van der Waals surface area (Å²) in [4.78, 5) is 0. The molecular formula is C26H48. The van der Waals surface area contributed by atoms with Crippen molar-refractivity contribution in [1.82, 2.24) is 0 Å². The molecule has 0 bridgehead atoms. The molecule has 152 valence electrons. The van der Waals surface area contributed by atoms with Crippen molar-refractivity contribution in [3.63, 3.8) is 0 Å². The van der Waals surface area contributed by atoms with Crippen molar-refractivity contribution >= 4 is 0 Å². The van der Waals surface area contributed by atoms with Gasteiger partial charge in [0, 0.05) is 0 Å². The fourth-order valence-electron chi connectivity index (χ4n) is 7.31. The number of allylic oxidation sites excluding steroid dienone is 2. The minimum absolute atomic E-state index is 0. The Balaban J connectivity index is 0.00000243. The van der Waals surface area contributed by atoms with Crippen LogP contribution >= 0.6 is 0 Å². The largest absolute Gasteiger partial charge is 0.0848 e. The lowest BCUT2D eigenvalue weighted by atomic mass is 9.57. The summed E-state index contributed by atoms with van der Waals surface area (Å²) in [7, 11) is 0. The molecule has 3 unspecified atom stereocenters. The van der Waals surface area contributed by atoms with Crippen molar-refractivity contribution in [2.75, 3.05) is 0 Å². The first kappa shape index (κ1) is 22.0. The summed E-state index contributed by atoms with van der Waals surface area (Å²) in [6, 6.07) is 0. The zero-order valence-corrected chi connectivity index (χ0v) is 17.8. The second-order valence-corrected chi connectivity index (χ2v) is 10.2. The van der Waals surface area contributed by atoms with Crippen LogP contribution in [0.5, 0.6) is 0 Å². The fraction of sp³-hybridized carbons (Fsp3) is 0.923. The van der Waals surface area contributed by atoms with E-state index in [2.05, 4.69) is 40.7 Å². The van der Waals surface area contributed by atoms with Crippen LogP contribution in [0.15, 0.2) is 11.6 Å². The fourth-order valence-corrected chi connectivity index (χ4v) is 7.31. The molecule has 0 aliphatic heterocycles. The van der Waals surface area contributed by atoms with E-state index < -0.39 is 0 Å². The lowest BCUT2D eigenvalue weighted by Gasteiger charge is -2.48.